The monoisotopic (exact) mass is 507 g/mol. The van der Waals surface area contributed by atoms with Gasteiger partial charge in [-0.05, 0) is 42.7 Å². The highest BCUT2D eigenvalue weighted by molar-refractivity contribution is 14.0. The summed E-state index contributed by atoms with van der Waals surface area (Å²) in [5.41, 5.74) is 1.34. The van der Waals surface area contributed by atoms with Crippen LogP contribution in [-0.2, 0) is 16.3 Å². The molecule has 0 spiro atoms. The van der Waals surface area contributed by atoms with Crippen LogP contribution in [0.5, 0.6) is 0 Å². The Hall–Kier alpha value is -0.870. The van der Waals surface area contributed by atoms with Gasteiger partial charge in [0, 0.05) is 31.4 Å². The molecular weight excluding hydrogens is 481 g/mol. The predicted octanol–water partition coefficient (Wildman–Crippen LogP) is 3.15. The number of thiophene rings is 1. The zero-order chi connectivity index (χ0) is 18.1. The molecule has 1 N–H and O–H groups in total. The molecule has 1 aliphatic rings. The average Bonchev–Trinajstić information content (AvgIpc) is 2.98. The highest BCUT2D eigenvalue weighted by atomic mass is 127. The summed E-state index contributed by atoms with van der Waals surface area (Å²) >= 11 is 1.77. The first kappa shape index (κ1) is 21.4. The quantitative estimate of drug-likeness (QED) is 0.394. The van der Waals surface area contributed by atoms with Gasteiger partial charge in [0.1, 0.15) is 0 Å². The first-order valence-corrected chi connectivity index (χ1v) is 11.0. The molecule has 0 radical (unpaired) electrons. The van der Waals surface area contributed by atoms with Gasteiger partial charge in [0.15, 0.2) is 15.8 Å². The van der Waals surface area contributed by atoms with Crippen molar-refractivity contribution in [2.24, 2.45) is 4.99 Å². The fourth-order valence-corrected chi connectivity index (χ4v) is 5.56. The number of fused-ring (bicyclic) bond motifs is 1. The van der Waals surface area contributed by atoms with Crippen molar-refractivity contribution in [1.29, 1.82) is 0 Å². The second-order valence-corrected chi connectivity index (χ2v) is 10.6. The Morgan fingerprint density at radius 2 is 2.08 bits per heavy atom. The third-order valence-corrected chi connectivity index (χ3v) is 8.34. The number of nitrogens with zero attached hydrogens (tertiary/aromatic N) is 2. The van der Waals surface area contributed by atoms with Gasteiger partial charge in [-0.3, -0.25) is 4.99 Å². The number of hydrogen-bond acceptors (Lipinski definition) is 4. The van der Waals surface area contributed by atoms with Crippen LogP contribution in [0.3, 0.4) is 0 Å². The smallest absolute Gasteiger partial charge is 0.193 e. The van der Waals surface area contributed by atoms with E-state index < -0.39 is 14.6 Å². The third kappa shape index (κ3) is 4.33. The van der Waals surface area contributed by atoms with Crippen LogP contribution in [-0.4, -0.2) is 56.5 Å². The summed E-state index contributed by atoms with van der Waals surface area (Å²) < 4.78 is 24.9. The lowest BCUT2D eigenvalue weighted by atomic mass is 10.1. The number of guanidine groups is 1. The minimum Gasteiger partial charge on any atom is -0.356 e. The predicted molar refractivity (Wildman–Crippen MR) is 122 cm³/mol. The second kappa shape index (κ2) is 8.43. The highest BCUT2D eigenvalue weighted by Gasteiger charge is 2.40. The Kier molecular flexibility index (Phi) is 6.95. The van der Waals surface area contributed by atoms with Crippen LogP contribution in [0.1, 0.15) is 19.4 Å². The van der Waals surface area contributed by atoms with Crippen LogP contribution in [0.4, 0.5) is 0 Å². The van der Waals surface area contributed by atoms with Crippen LogP contribution in [0.15, 0.2) is 34.6 Å². The molecule has 2 heterocycles. The number of benzene rings is 1. The Morgan fingerprint density at radius 3 is 2.77 bits per heavy atom. The molecular formula is C18H26IN3O2S2. The third-order valence-electron chi connectivity index (χ3n) is 4.79. The van der Waals surface area contributed by atoms with Crippen LogP contribution < -0.4 is 5.32 Å². The summed E-state index contributed by atoms with van der Waals surface area (Å²) in [6.45, 7) is 5.32. The van der Waals surface area contributed by atoms with Gasteiger partial charge in [-0.2, -0.15) is 0 Å². The van der Waals surface area contributed by atoms with Crippen LogP contribution in [0, 0.1) is 0 Å². The van der Waals surface area contributed by atoms with Gasteiger partial charge in [-0.15, -0.1) is 35.3 Å². The number of rotatable bonds is 3. The summed E-state index contributed by atoms with van der Waals surface area (Å²) in [4.78, 5) is 6.39. The zero-order valence-electron chi connectivity index (χ0n) is 15.4. The Balaban J connectivity index is 0.00000243. The summed E-state index contributed by atoms with van der Waals surface area (Å²) in [6, 6.07) is 8.44. The van der Waals surface area contributed by atoms with E-state index in [0.717, 1.165) is 18.9 Å². The minimum absolute atomic E-state index is 0. The maximum Gasteiger partial charge on any atom is 0.193 e. The van der Waals surface area contributed by atoms with Crippen molar-refractivity contribution in [3.05, 3.63) is 35.2 Å². The molecule has 8 heteroatoms. The standard InChI is InChI=1S/C18H25N3O2S2.HI/c1-18(2)13-21(10-11-25(18,22)23)17(19-3)20-9-8-14-12-24-16-7-5-4-6-15(14)16;/h4-7,12H,8-11,13H2,1-3H3,(H,19,20);1H. The van der Waals surface area contributed by atoms with E-state index in [1.54, 1.807) is 32.2 Å². The van der Waals surface area contributed by atoms with E-state index in [2.05, 4.69) is 40.0 Å². The topological polar surface area (TPSA) is 61.8 Å². The van der Waals surface area contributed by atoms with Crippen LogP contribution >= 0.6 is 35.3 Å². The van der Waals surface area contributed by atoms with E-state index in [1.807, 2.05) is 4.90 Å². The molecule has 0 aliphatic carbocycles. The van der Waals surface area contributed by atoms with Crippen molar-refractivity contribution >= 4 is 61.2 Å². The normalized spacial score (nSPS) is 19.2. The molecule has 1 aromatic carbocycles. The van der Waals surface area contributed by atoms with E-state index in [1.165, 1.54) is 15.6 Å². The van der Waals surface area contributed by atoms with Crippen LogP contribution in [0.25, 0.3) is 10.1 Å². The lowest BCUT2D eigenvalue weighted by Gasteiger charge is -2.39. The fraction of sp³-hybridized carbons (Fsp3) is 0.500. The average molecular weight is 507 g/mol. The number of nitrogens with one attached hydrogen (secondary N) is 1. The van der Waals surface area contributed by atoms with Crippen molar-refractivity contribution < 1.29 is 8.42 Å². The molecule has 144 valence electrons. The number of hydrogen-bond donors (Lipinski definition) is 1. The molecule has 2 aromatic rings. The first-order chi connectivity index (χ1) is 11.8. The number of halogens is 1. The Labute approximate surface area is 176 Å². The van der Waals surface area contributed by atoms with Gasteiger partial charge in [0.25, 0.3) is 0 Å². The van der Waals surface area contributed by atoms with E-state index in [-0.39, 0.29) is 29.7 Å². The van der Waals surface area contributed by atoms with Crippen molar-refractivity contribution in [3.8, 4) is 0 Å². The molecule has 0 unspecified atom stereocenters. The van der Waals surface area contributed by atoms with Crippen molar-refractivity contribution in [3.63, 3.8) is 0 Å². The summed E-state index contributed by atoms with van der Waals surface area (Å²) in [7, 11) is -1.29. The molecule has 1 aromatic heterocycles. The summed E-state index contributed by atoms with van der Waals surface area (Å²) in [6.07, 6.45) is 0.915. The van der Waals surface area contributed by atoms with Gasteiger partial charge in [-0.1, -0.05) is 18.2 Å². The van der Waals surface area contributed by atoms with Gasteiger partial charge < -0.3 is 10.2 Å². The largest absolute Gasteiger partial charge is 0.356 e. The molecule has 1 fully saturated rings. The maximum absolute atomic E-state index is 12.2. The van der Waals surface area contributed by atoms with Gasteiger partial charge in [0.05, 0.1) is 10.5 Å². The molecule has 0 atom stereocenters. The molecule has 26 heavy (non-hydrogen) atoms. The maximum atomic E-state index is 12.2. The molecule has 0 amide bonds. The number of sulfone groups is 1. The lowest BCUT2D eigenvalue weighted by molar-refractivity contribution is 0.353. The van der Waals surface area contributed by atoms with Crippen molar-refractivity contribution in [2.45, 2.75) is 25.0 Å². The summed E-state index contributed by atoms with van der Waals surface area (Å²) in [5.74, 6) is 0.957. The lowest BCUT2D eigenvalue weighted by Crippen LogP contribution is -2.57. The first-order valence-electron chi connectivity index (χ1n) is 8.47. The molecule has 0 saturated carbocycles. The summed E-state index contributed by atoms with van der Waals surface area (Å²) in [5, 5.41) is 6.92. The van der Waals surface area contributed by atoms with E-state index >= 15 is 0 Å². The van der Waals surface area contributed by atoms with Gasteiger partial charge in [0.2, 0.25) is 0 Å². The molecule has 0 bridgehead atoms. The number of aliphatic imine (C=N–C) groups is 1. The molecule has 3 rings (SSSR count). The van der Waals surface area contributed by atoms with Crippen molar-refractivity contribution in [2.75, 3.05) is 32.4 Å². The van der Waals surface area contributed by atoms with E-state index in [0.29, 0.717) is 13.1 Å². The minimum atomic E-state index is -3.04. The van der Waals surface area contributed by atoms with Gasteiger partial charge >= 0.3 is 0 Å². The van der Waals surface area contributed by atoms with Crippen molar-refractivity contribution in [1.82, 2.24) is 10.2 Å². The molecule has 1 aliphatic heterocycles. The van der Waals surface area contributed by atoms with E-state index in [9.17, 15) is 8.42 Å². The molecule has 1 saturated heterocycles. The van der Waals surface area contributed by atoms with Gasteiger partial charge in [-0.25, -0.2) is 8.42 Å². The molecule has 5 nitrogen and oxygen atoms in total. The SMILES string of the molecule is CN=C(NCCc1csc2ccccc12)N1CCS(=O)(=O)C(C)(C)C1.I. The van der Waals surface area contributed by atoms with E-state index in [4.69, 9.17) is 0 Å². The van der Waals surface area contributed by atoms with Crippen LogP contribution in [0.2, 0.25) is 0 Å². The zero-order valence-corrected chi connectivity index (χ0v) is 19.3. The Morgan fingerprint density at radius 1 is 1.35 bits per heavy atom. The Bertz CT molecular complexity index is 891. The highest BCUT2D eigenvalue weighted by Crippen LogP contribution is 2.26. The second-order valence-electron chi connectivity index (χ2n) is 6.98. The fourth-order valence-electron chi connectivity index (χ4n) is 3.19.